The van der Waals surface area contributed by atoms with E-state index >= 15 is 0 Å². The first-order valence-corrected chi connectivity index (χ1v) is 5.81. The molecule has 0 radical (unpaired) electrons. The van der Waals surface area contributed by atoms with Crippen molar-refractivity contribution in [1.29, 1.82) is 0 Å². The molecule has 0 amide bonds. The van der Waals surface area contributed by atoms with Gasteiger partial charge in [-0.05, 0) is 6.42 Å². The van der Waals surface area contributed by atoms with Crippen LogP contribution >= 0.6 is 0 Å². The largest absolute Gasteiger partial charge is 0.507 e. The Morgan fingerprint density at radius 3 is 2.89 bits per heavy atom. The number of phenols is 1. The van der Waals surface area contributed by atoms with Crippen LogP contribution in [0.1, 0.15) is 19.8 Å². The van der Waals surface area contributed by atoms with Gasteiger partial charge in [0, 0.05) is 18.2 Å². The molecule has 0 aliphatic carbocycles. The van der Waals surface area contributed by atoms with Gasteiger partial charge in [-0.2, -0.15) is 0 Å². The van der Waals surface area contributed by atoms with Crippen LogP contribution in [0.3, 0.4) is 0 Å². The third-order valence-corrected chi connectivity index (χ3v) is 2.59. The number of anilines is 1. The third-order valence-electron chi connectivity index (χ3n) is 2.59. The lowest BCUT2D eigenvalue weighted by atomic mass is 10.2. The number of unbranched alkanes of at least 4 members (excludes halogenated alkanes) is 1. The summed E-state index contributed by atoms with van der Waals surface area (Å²) >= 11 is 0. The first-order chi connectivity index (χ1) is 8.61. The lowest BCUT2D eigenvalue weighted by molar-refractivity contribution is 0.307. The number of nitrogens with two attached hydrogens (primary N) is 1. The fourth-order valence-electron chi connectivity index (χ4n) is 1.70. The van der Waals surface area contributed by atoms with E-state index < -0.39 is 5.63 Å². The van der Waals surface area contributed by atoms with Gasteiger partial charge in [0.15, 0.2) is 0 Å². The molecule has 5 heteroatoms. The summed E-state index contributed by atoms with van der Waals surface area (Å²) in [5.74, 6) is 0.405. The molecule has 0 unspecified atom stereocenters. The maximum Gasteiger partial charge on any atom is 0.338 e. The Balaban J connectivity index is 2.45. The van der Waals surface area contributed by atoms with Gasteiger partial charge in [-0.15, -0.1) is 0 Å². The predicted molar refractivity (Wildman–Crippen MR) is 69.0 cm³/mol. The number of aromatic hydroxyl groups is 1. The molecule has 1 aromatic heterocycles. The summed E-state index contributed by atoms with van der Waals surface area (Å²) in [6.07, 6.45) is 1.93. The van der Waals surface area contributed by atoms with Gasteiger partial charge in [0.2, 0.25) is 0 Å². The van der Waals surface area contributed by atoms with Crippen LogP contribution in [0, 0.1) is 0 Å². The first kappa shape index (κ1) is 12.3. The third kappa shape index (κ3) is 2.40. The molecule has 1 aromatic carbocycles. The minimum Gasteiger partial charge on any atom is -0.507 e. The van der Waals surface area contributed by atoms with E-state index in [2.05, 4.69) is 6.92 Å². The second-order valence-electron chi connectivity index (χ2n) is 4.04. The highest BCUT2D eigenvalue weighted by molar-refractivity contribution is 5.94. The van der Waals surface area contributed by atoms with Crippen molar-refractivity contribution in [2.45, 2.75) is 19.8 Å². The van der Waals surface area contributed by atoms with Crippen molar-refractivity contribution in [3.8, 4) is 11.5 Å². The standard InChI is InChI=1S/C13H15NO4/c1-2-3-4-17-8-5-10(15)13-9(14)7-12(16)18-11(13)6-8/h5-7,15H,2-4,14H2,1H3. The van der Waals surface area contributed by atoms with Crippen LogP contribution in [0.4, 0.5) is 5.69 Å². The number of ether oxygens (including phenoxy) is 1. The molecular weight excluding hydrogens is 234 g/mol. The molecule has 0 atom stereocenters. The number of rotatable bonds is 4. The summed E-state index contributed by atoms with van der Waals surface area (Å²) in [6, 6.07) is 4.16. The van der Waals surface area contributed by atoms with Crippen molar-refractivity contribution in [2.75, 3.05) is 12.3 Å². The smallest absolute Gasteiger partial charge is 0.338 e. The van der Waals surface area contributed by atoms with E-state index in [4.69, 9.17) is 14.9 Å². The van der Waals surface area contributed by atoms with Crippen LogP contribution in [-0.4, -0.2) is 11.7 Å². The zero-order valence-electron chi connectivity index (χ0n) is 10.1. The van der Waals surface area contributed by atoms with E-state index in [0.717, 1.165) is 18.9 Å². The molecule has 96 valence electrons. The van der Waals surface area contributed by atoms with Crippen molar-refractivity contribution in [3.05, 3.63) is 28.6 Å². The zero-order valence-corrected chi connectivity index (χ0v) is 10.1. The fraction of sp³-hybridized carbons (Fsp3) is 0.308. The number of fused-ring (bicyclic) bond motifs is 1. The normalized spacial score (nSPS) is 10.7. The van der Waals surface area contributed by atoms with Crippen LogP contribution < -0.4 is 16.1 Å². The molecule has 18 heavy (non-hydrogen) atoms. The van der Waals surface area contributed by atoms with Gasteiger partial charge in [-0.3, -0.25) is 0 Å². The molecule has 1 heterocycles. The van der Waals surface area contributed by atoms with E-state index in [1.165, 1.54) is 6.07 Å². The average Bonchev–Trinajstić information content (AvgIpc) is 2.27. The van der Waals surface area contributed by atoms with E-state index in [0.29, 0.717) is 17.7 Å². The number of benzene rings is 1. The molecule has 0 spiro atoms. The predicted octanol–water partition coefficient (Wildman–Crippen LogP) is 2.26. The number of hydrogen-bond donors (Lipinski definition) is 2. The van der Waals surface area contributed by atoms with Crippen LogP contribution in [0.25, 0.3) is 11.0 Å². The van der Waals surface area contributed by atoms with Gasteiger partial charge in [-0.1, -0.05) is 13.3 Å². The molecule has 3 N–H and O–H groups in total. The van der Waals surface area contributed by atoms with Crippen molar-refractivity contribution in [2.24, 2.45) is 0 Å². The van der Waals surface area contributed by atoms with Crippen LogP contribution in [0.2, 0.25) is 0 Å². The second kappa shape index (κ2) is 5.00. The van der Waals surface area contributed by atoms with Crippen molar-refractivity contribution < 1.29 is 14.3 Å². The van der Waals surface area contributed by atoms with E-state index in [-0.39, 0.29) is 17.0 Å². The lowest BCUT2D eigenvalue weighted by Crippen LogP contribution is -2.01. The van der Waals surface area contributed by atoms with Crippen molar-refractivity contribution >= 4 is 16.7 Å². The highest BCUT2D eigenvalue weighted by Gasteiger charge is 2.10. The maximum absolute atomic E-state index is 11.2. The summed E-state index contributed by atoms with van der Waals surface area (Å²) in [6.45, 7) is 2.61. The zero-order chi connectivity index (χ0) is 13.1. The molecule has 0 bridgehead atoms. The second-order valence-corrected chi connectivity index (χ2v) is 4.04. The highest BCUT2D eigenvalue weighted by atomic mass is 16.5. The van der Waals surface area contributed by atoms with Gasteiger partial charge >= 0.3 is 5.63 Å². The molecule has 5 nitrogen and oxygen atoms in total. The Bertz CT molecular complexity index is 618. The van der Waals surface area contributed by atoms with Crippen molar-refractivity contribution in [3.63, 3.8) is 0 Å². The Morgan fingerprint density at radius 2 is 2.17 bits per heavy atom. The van der Waals surface area contributed by atoms with Crippen LogP contribution in [-0.2, 0) is 0 Å². The van der Waals surface area contributed by atoms with Crippen LogP contribution in [0.5, 0.6) is 11.5 Å². The summed E-state index contributed by atoms with van der Waals surface area (Å²) in [5.41, 5.74) is 5.54. The molecule has 0 aliphatic heterocycles. The summed E-state index contributed by atoms with van der Waals surface area (Å²) in [4.78, 5) is 11.2. The lowest BCUT2D eigenvalue weighted by Gasteiger charge is -2.08. The monoisotopic (exact) mass is 249 g/mol. The number of phenolic OH excluding ortho intramolecular Hbond substituents is 1. The van der Waals surface area contributed by atoms with Gasteiger partial charge in [0.25, 0.3) is 0 Å². The Labute approximate surface area is 104 Å². The quantitative estimate of drug-likeness (QED) is 0.641. The number of nitrogen functional groups attached to an aromatic ring is 1. The minimum absolute atomic E-state index is 0.0553. The Kier molecular flexibility index (Phi) is 3.41. The average molecular weight is 249 g/mol. The van der Waals surface area contributed by atoms with E-state index in [1.807, 2.05) is 0 Å². The number of hydrogen-bond acceptors (Lipinski definition) is 5. The first-order valence-electron chi connectivity index (χ1n) is 5.81. The van der Waals surface area contributed by atoms with E-state index in [9.17, 15) is 9.90 Å². The van der Waals surface area contributed by atoms with Crippen molar-refractivity contribution in [1.82, 2.24) is 0 Å². The molecule has 2 rings (SSSR count). The van der Waals surface area contributed by atoms with E-state index in [1.54, 1.807) is 6.07 Å². The maximum atomic E-state index is 11.2. The Morgan fingerprint density at radius 1 is 1.39 bits per heavy atom. The topological polar surface area (TPSA) is 85.7 Å². The molecule has 0 saturated heterocycles. The Hall–Kier alpha value is -2.17. The van der Waals surface area contributed by atoms with Gasteiger partial charge in [-0.25, -0.2) is 4.79 Å². The van der Waals surface area contributed by atoms with Gasteiger partial charge in [0.1, 0.15) is 17.1 Å². The summed E-state index contributed by atoms with van der Waals surface area (Å²) in [5, 5.41) is 10.2. The molecule has 2 aromatic rings. The summed E-state index contributed by atoms with van der Waals surface area (Å²) < 4.78 is 10.4. The summed E-state index contributed by atoms with van der Waals surface area (Å²) in [7, 11) is 0. The fourth-order valence-corrected chi connectivity index (χ4v) is 1.70. The van der Waals surface area contributed by atoms with Gasteiger partial charge in [0.05, 0.1) is 17.7 Å². The SMILES string of the molecule is CCCCOc1cc(O)c2c(N)cc(=O)oc2c1. The van der Waals surface area contributed by atoms with Gasteiger partial charge < -0.3 is 20.0 Å². The minimum atomic E-state index is -0.551. The van der Waals surface area contributed by atoms with Crippen LogP contribution in [0.15, 0.2) is 27.4 Å². The molecule has 0 fully saturated rings. The molecular formula is C13H15NO4. The highest BCUT2D eigenvalue weighted by Crippen LogP contribution is 2.33. The molecule has 0 aliphatic rings. The molecule has 0 saturated carbocycles.